The van der Waals surface area contributed by atoms with Crippen LogP contribution in [-0.2, 0) is 11.0 Å². The minimum atomic E-state index is -4.53. The first-order chi connectivity index (χ1) is 7.30. The number of alkyl halides is 3. The van der Waals surface area contributed by atoms with Gasteiger partial charge in [0.2, 0.25) is 5.91 Å². The monoisotopic (exact) mass is 234 g/mol. The number of hydrogen-bond acceptors (Lipinski definition) is 4. The van der Waals surface area contributed by atoms with Crippen molar-refractivity contribution in [2.75, 3.05) is 5.32 Å². The third kappa shape index (κ3) is 3.07. The number of carbonyl (C=O) groups is 1. The fourth-order valence-electron chi connectivity index (χ4n) is 0.853. The average molecular weight is 234 g/mol. The molecule has 1 atom stereocenters. The lowest BCUT2D eigenvalue weighted by Gasteiger charge is -2.10. The smallest absolute Gasteiger partial charge is 0.368 e. The predicted molar refractivity (Wildman–Crippen MR) is 49.3 cm³/mol. The highest BCUT2D eigenvalue weighted by molar-refractivity contribution is 5.82. The largest absolute Gasteiger partial charge is 0.435 e. The van der Waals surface area contributed by atoms with Crippen molar-refractivity contribution in [2.45, 2.75) is 19.1 Å². The highest BCUT2D eigenvalue weighted by atomic mass is 19.4. The van der Waals surface area contributed by atoms with E-state index in [2.05, 4.69) is 15.5 Å². The molecule has 1 aromatic rings. The summed E-state index contributed by atoms with van der Waals surface area (Å²) < 4.78 is 36.3. The third-order valence-corrected chi connectivity index (χ3v) is 1.75. The number of carbonyl (C=O) groups excluding carboxylic acids is 1. The predicted octanol–water partition coefficient (Wildman–Crippen LogP) is 0.781. The maximum Gasteiger partial charge on any atom is 0.435 e. The van der Waals surface area contributed by atoms with Crippen LogP contribution in [0.2, 0.25) is 0 Å². The molecule has 0 spiro atoms. The topological polar surface area (TPSA) is 80.9 Å². The molecule has 0 aliphatic heterocycles. The molecule has 0 aromatic carbocycles. The fraction of sp³-hybridized carbons (Fsp3) is 0.375. The zero-order valence-electron chi connectivity index (χ0n) is 8.25. The summed E-state index contributed by atoms with van der Waals surface area (Å²) in [6.07, 6.45) is -4.53. The van der Waals surface area contributed by atoms with E-state index in [1.165, 1.54) is 6.92 Å². The molecule has 0 saturated carbocycles. The van der Waals surface area contributed by atoms with Crippen LogP contribution in [0.3, 0.4) is 0 Å². The van der Waals surface area contributed by atoms with Gasteiger partial charge in [0.25, 0.3) is 0 Å². The zero-order valence-corrected chi connectivity index (χ0v) is 8.25. The molecule has 0 radical (unpaired) electrons. The number of halogens is 3. The van der Waals surface area contributed by atoms with Crippen LogP contribution in [0.25, 0.3) is 0 Å². The molecule has 0 bridgehead atoms. The summed E-state index contributed by atoms with van der Waals surface area (Å²) in [5.74, 6) is -0.582. The van der Waals surface area contributed by atoms with E-state index in [1.807, 2.05) is 0 Å². The van der Waals surface area contributed by atoms with E-state index in [-0.39, 0.29) is 5.82 Å². The number of anilines is 1. The molecular weight excluding hydrogens is 225 g/mol. The molecule has 88 valence electrons. The van der Waals surface area contributed by atoms with Crippen molar-refractivity contribution in [3.63, 3.8) is 0 Å². The lowest BCUT2D eigenvalue weighted by molar-refractivity contribution is -0.141. The Morgan fingerprint density at radius 1 is 1.44 bits per heavy atom. The number of hydrogen-bond donors (Lipinski definition) is 2. The van der Waals surface area contributed by atoms with E-state index in [0.29, 0.717) is 0 Å². The second-order valence-electron chi connectivity index (χ2n) is 3.07. The molecule has 1 aromatic heterocycles. The van der Waals surface area contributed by atoms with E-state index in [9.17, 15) is 18.0 Å². The highest BCUT2D eigenvalue weighted by Crippen LogP contribution is 2.27. The van der Waals surface area contributed by atoms with Gasteiger partial charge in [-0.3, -0.25) is 4.79 Å². The van der Waals surface area contributed by atoms with Crippen molar-refractivity contribution in [3.8, 4) is 0 Å². The molecule has 1 heterocycles. The summed E-state index contributed by atoms with van der Waals surface area (Å²) in [5.41, 5.74) is 3.86. The molecule has 8 heteroatoms. The molecule has 0 fully saturated rings. The van der Waals surface area contributed by atoms with Crippen LogP contribution < -0.4 is 11.1 Å². The zero-order chi connectivity index (χ0) is 12.3. The second kappa shape index (κ2) is 4.33. The number of rotatable bonds is 3. The van der Waals surface area contributed by atoms with Crippen LogP contribution in [0.5, 0.6) is 0 Å². The van der Waals surface area contributed by atoms with Gasteiger partial charge in [0.1, 0.15) is 11.9 Å². The molecule has 1 rings (SSSR count). The first-order valence-electron chi connectivity index (χ1n) is 4.27. The van der Waals surface area contributed by atoms with Gasteiger partial charge in [-0.2, -0.15) is 13.2 Å². The Morgan fingerprint density at radius 2 is 2.06 bits per heavy atom. The Hall–Kier alpha value is -1.86. The first-order valence-corrected chi connectivity index (χ1v) is 4.27. The maximum atomic E-state index is 12.1. The Kier molecular flexibility index (Phi) is 3.31. The summed E-state index contributed by atoms with van der Waals surface area (Å²) in [5, 5.41) is 8.76. The molecule has 16 heavy (non-hydrogen) atoms. The Balaban J connectivity index is 2.76. The van der Waals surface area contributed by atoms with E-state index in [1.54, 1.807) is 0 Å². The van der Waals surface area contributed by atoms with Gasteiger partial charge in [-0.15, -0.1) is 10.2 Å². The van der Waals surface area contributed by atoms with E-state index in [0.717, 1.165) is 12.1 Å². The van der Waals surface area contributed by atoms with Crippen molar-refractivity contribution in [1.82, 2.24) is 10.2 Å². The SMILES string of the molecule is CC(Nc1ccc(C(F)(F)F)nn1)C(N)=O. The van der Waals surface area contributed by atoms with Gasteiger partial charge in [-0.05, 0) is 19.1 Å². The quantitative estimate of drug-likeness (QED) is 0.809. The molecule has 1 amide bonds. The summed E-state index contributed by atoms with van der Waals surface area (Å²) in [7, 11) is 0. The number of nitrogens with zero attached hydrogens (tertiary/aromatic N) is 2. The van der Waals surface area contributed by atoms with Gasteiger partial charge in [0.05, 0.1) is 0 Å². The van der Waals surface area contributed by atoms with Gasteiger partial charge >= 0.3 is 6.18 Å². The van der Waals surface area contributed by atoms with Gasteiger partial charge in [0.15, 0.2) is 5.69 Å². The lowest BCUT2D eigenvalue weighted by atomic mass is 10.3. The Labute approximate surface area is 88.8 Å². The average Bonchev–Trinajstić information content (AvgIpc) is 2.17. The second-order valence-corrected chi connectivity index (χ2v) is 3.07. The molecule has 1 unspecified atom stereocenters. The highest BCUT2D eigenvalue weighted by Gasteiger charge is 2.32. The fourth-order valence-corrected chi connectivity index (χ4v) is 0.853. The standard InChI is InChI=1S/C8H9F3N4O/c1-4(7(12)16)13-6-3-2-5(14-15-6)8(9,10)11/h2-4H,1H3,(H2,12,16)(H,13,15). The molecule has 0 saturated heterocycles. The first kappa shape index (κ1) is 12.2. The van der Waals surface area contributed by atoms with E-state index in [4.69, 9.17) is 5.73 Å². The van der Waals surface area contributed by atoms with Crippen LogP contribution in [0, 0.1) is 0 Å². The summed E-state index contributed by atoms with van der Waals surface area (Å²) in [6, 6.07) is 1.12. The van der Waals surface area contributed by atoms with Crippen molar-refractivity contribution in [2.24, 2.45) is 5.73 Å². The van der Waals surface area contributed by atoms with Crippen LogP contribution in [0.15, 0.2) is 12.1 Å². The summed E-state index contributed by atoms with van der Waals surface area (Å²) >= 11 is 0. The Morgan fingerprint density at radius 3 is 2.44 bits per heavy atom. The van der Waals surface area contributed by atoms with Crippen LogP contribution in [0.4, 0.5) is 19.0 Å². The number of amides is 1. The molecule has 5 nitrogen and oxygen atoms in total. The summed E-state index contributed by atoms with van der Waals surface area (Å²) in [4.78, 5) is 10.7. The van der Waals surface area contributed by atoms with Crippen LogP contribution >= 0.6 is 0 Å². The van der Waals surface area contributed by atoms with Crippen molar-refractivity contribution >= 4 is 11.7 Å². The van der Waals surface area contributed by atoms with Gasteiger partial charge < -0.3 is 11.1 Å². The normalized spacial score (nSPS) is 13.2. The minimum Gasteiger partial charge on any atom is -0.368 e. The van der Waals surface area contributed by atoms with Gasteiger partial charge in [-0.25, -0.2) is 0 Å². The van der Waals surface area contributed by atoms with Gasteiger partial charge in [0, 0.05) is 0 Å². The minimum absolute atomic E-state index is 0.0549. The number of aromatic nitrogens is 2. The molecule has 3 N–H and O–H groups in total. The van der Waals surface area contributed by atoms with Crippen LogP contribution in [0.1, 0.15) is 12.6 Å². The van der Waals surface area contributed by atoms with E-state index < -0.39 is 23.8 Å². The van der Waals surface area contributed by atoms with Gasteiger partial charge in [-0.1, -0.05) is 0 Å². The summed E-state index contributed by atoms with van der Waals surface area (Å²) in [6.45, 7) is 1.46. The van der Waals surface area contributed by atoms with E-state index >= 15 is 0 Å². The molecular formula is C8H9F3N4O. The third-order valence-electron chi connectivity index (χ3n) is 1.75. The van der Waals surface area contributed by atoms with Crippen LogP contribution in [-0.4, -0.2) is 22.1 Å². The Bertz CT molecular complexity index is 376. The lowest BCUT2D eigenvalue weighted by Crippen LogP contribution is -2.32. The maximum absolute atomic E-state index is 12.1. The molecule has 0 aliphatic carbocycles. The number of nitrogens with two attached hydrogens (primary N) is 1. The number of primary amides is 1. The number of nitrogens with one attached hydrogen (secondary N) is 1. The van der Waals surface area contributed by atoms with Crippen molar-refractivity contribution in [3.05, 3.63) is 17.8 Å². The van der Waals surface area contributed by atoms with Crippen molar-refractivity contribution < 1.29 is 18.0 Å². The molecule has 0 aliphatic rings. The van der Waals surface area contributed by atoms with Crippen molar-refractivity contribution in [1.29, 1.82) is 0 Å².